The maximum atomic E-state index is 12.4. The lowest BCUT2D eigenvalue weighted by Gasteiger charge is -2.09. The van der Waals surface area contributed by atoms with E-state index >= 15 is 0 Å². The Hall–Kier alpha value is -3.12. The Morgan fingerprint density at radius 2 is 1.36 bits per heavy atom. The normalized spacial score (nSPS) is 11.1. The summed E-state index contributed by atoms with van der Waals surface area (Å²) in [5.74, 6) is -0.133. The van der Waals surface area contributed by atoms with E-state index in [1.54, 1.807) is 55.5 Å². The monoisotopic (exact) mass is 396 g/mol. The van der Waals surface area contributed by atoms with Crippen LogP contribution in [0.4, 0.5) is 0 Å². The summed E-state index contributed by atoms with van der Waals surface area (Å²) in [5.41, 5.74) is 3.21. The van der Waals surface area contributed by atoms with E-state index in [1.165, 1.54) is 12.1 Å². The predicted octanol–water partition coefficient (Wildman–Crippen LogP) is 4.61. The summed E-state index contributed by atoms with van der Waals surface area (Å²) >= 11 is 0. The molecule has 3 aromatic carbocycles. The molecule has 144 valence electrons. The van der Waals surface area contributed by atoms with Crippen molar-refractivity contribution in [1.29, 1.82) is 0 Å². The zero-order valence-corrected chi connectivity index (χ0v) is 16.4. The zero-order chi connectivity index (χ0) is 20.1. The van der Waals surface area contributed by atoms with E-state index < -0.39 is 10.1 Å². The van der Waals surface area contributed by atoms with Gasteiger partial charge in [-0.15, -0.1) is 0 Å². The third-order valence-corrected chi connectivity index (χ3v) is 5.36. The van der Waals surface area contributed by atoms with E-state index in [0.29, 0.717) is 12.2 Å². The summed E-state index contributed by atoms with van der Waals surface area (Å²) in [5, 5.41) is 0. The minimum atomic E-state index is -3.88. The van der Waals surface area contributed by atoms with Crippen molar-refractivity contribution < 1.29 is 22.1 Å². The zero-order valence-electron chi connectivity index (χ0n) is 15.6. The van der Waals surface area contributed by atoms with E-state index in [0.717, 1.165) is 16.7 Å². The van der Waals surface area contributed by atoms with Gasteiger partial charge in [0.25, 0.3) is 0 Å². The molecule has 0 atom stereocenters. The topological polar surface area (TPSA) is 69.7 Å². The first kappa shape index (κ1) is 19.6. The third kappa shape index (κ3) is 4.58. The second kappa shape index (κ2) is 8.27. The number of aryl methyl sites for hydroxylation is 1. The molecule has 0 unspecified atom stereocenters. The van der Waals surface area contributed by atoms with Crippen molar-refractivity contribution in [3.8, 4) is 16.9 Å². The molecule has 0 spiro atoms. The van der Waals surface area contributed by atoms with Crippen molar-refractivity contribution >= 4 is 16.1 Å². The highest BCUT2D eigenvalue weighted by molar-refractivity contribution is 7.87. The molecule has 28 heavy (non-hydrogen) atoms. The number of hydrogen-bond donors (Lipinski definition) is 0. The van der Waals surface area contributed by atoms with Crippen LogP contribution in [0.2, 0.25) is 0 Å². The van der Waals surface area contributed by atoms with Gasteiger partial charge >= 0.3 is 16.1 Å². The summed E-state index contributed by atoms with van der Waals surface area (Å²) in [6.45, 7) is 3.97. The molecule has 0 saturated carbocycles. The average Bonchev–Trinajstić information content (AvgIpc) is 2.69. The first-order valence-corrected chi connectivity index (χ1v) is 10.2. The van der Waals surface area contributed by atoms with Gasteiger partial charge in [-0.1, -0.05) is 42.0 Å². The molecule has 0 bridgehead atoms. The SMILES string of the molecule is CCOC(=O)c1ccc(-c2ccc(OS(=O)(=O)c3ccc(C)cc3)cc2)cc1. The fourth-order valence-electron chi connectivity index (χ4n) is 2.60. The summed E-state index contributed by atoms with van der Waals surface area (Å²) in [7, 11) is -3.88. The fourth-order valence-corrected chi connectivity index (χ4v) is 3.53. The smallest absolute Gasteiger partial charge is 0.339 e. The summed E-state index contributed by atoms with van der Waals surface area (Å²) in [6, 6.07) is 20.2. The van der Waals surface area contributed by atoms with Gasteiger partial charge in [0, 0.05) is 0 Å². The van der Waals surface area contributed by atoms with Crippen LogP contribution in [0.25, 0.3) is 11.1 Å². The Bertz CT molecular complexity index is 1050. The van der Waals surface area contributed by atoms with Crippen LogP contribution in [0, 0.1) is 6.92 Å². The van der Waals surface area contributed by atoms with E-state index in [9.17, 15) is 13.2 Å². The molecule has 3 aromatic rings. The molecule has 6 heteroatoms. The van der Waals surface area contributed by atoms with E-state index in [1.807, 2.05) is 19.1 Å². The van der Waals surface area contributed by atoms with Gasteiger partial charge in [0.05, 0.1) is 12.2 Å². The minimum absolute atomic E-state index is 0.108. The maximum absolute atomic E-state index is 12.4. The molecular formula is C22H20O5S. The first-order chi connectivity index (χ1) is 13.4. The first-order valence-electron chi connectivity index (χ1n) is 8.78. The van der Waals surface area contributed by atoms with Gasteiger partial charge in [0.15, 0.2) is 0 Å². The Morgan fingerprint density at radius 1 is 0.821 bits per heavy atom. The largest absolute Gasteiger partial charge is 0.462 e. The summed E-state index contributed by atoms with van der Waals surface area (Å²) < 4.78 is 34.9. The minimum Gasteiger partial charge on any atom is -0.462 e. The molecule has 0 fully saturated rings. The van der Waals surface area contributed by atoms with Crippen molar-refractivity contribution in [2.75, 3.05) is 6.61 Å². The molecule has 0 saturated heterocycles. The van der Waals surface area contributed by atoms with Gasteiger partial charge in [0.2, 0.25) is 0 Å². The van der Waals surface area contributed by atoms with E-state index in [-0.39, 0.29) is 16.6 Å². The van der Waals surface area contributed by atoms with Gasteiger partial charge in [-0.3, -0.25) is 0 Å². The number of benzene rings is 3. The molecule has 0 amide bonds. The van der Waals surface area contributed by atoms with Crippen molar-refractivity contribution in [3.63, 3.8) is 0 Å². The molecule has 0 aliphatic carbocycles. The summed E-state index contributed by atoms with van der Waals surface area (Å²) in [4.78, 5) is 11.8. The molecule has 0 aromatic heterocycles. The third-order valence-electron chi connectivity index (χ3n) is 4.10. The van der Waals surface area contributed by atoms with Crippen LogP contribution in [-0.4, -0.2) is 21.0 Å². The number of carbonyl (C=O) groups excluding carboxylic acids is 1. The quantitative estimate of drug-likeness (QED) is 0.450. The molecule has 5 nitrogen and oxygen atoms in total. The van der Waals surface area contributed by atoms with Crippen LogP contribution < -0.4 is 4.18 Å². The average molecular weight is 396 g/mol. The molecule has 0 aliphatic rings. The predicted molar refractivity (Wildman–Crippen MR) is 107 cm³/mol. The number of carbonyl (C=O) groups is 1. The number of esters is 1. The fraction of sp³-hybridized carbons (Fsp3) is 0.136. The van der Waals surface area contributed by atoms with Crippen molar-refractivity contribution in [2.24, 2.45) is 0 Å². The van der Waals surface area contributed by atoms with Crippen LogP contribution >= 0.6 is 0 Å². The Kier molecular flexibility index (Phi) is 5.80. The number of ether oxygens (including phenoxy) is 1. The standard InChI is InChI=1S/C22H20O5S/c1-3-26-22(23)19-8-6-17(7-9-19)18-10-12-20(13-11-18)27-28(24,25)21-14-4-16(2)5-15-21/h4-15H,3H2,1-2H3. The molecule has 0 radical (unpaired) electrons. The highest BCUT2D eigenvalue weighted by Gasteiger charge is 2.16. The van der Waals surface area contributed by atoms with Crippen LogP contribution in [0.1, 0.15) is 22.8 Å². The van der Waals surface area contributed by atoms with Gasteiger partial charge in [0.1, 0.15) is 10.6 Å². The lowest BCUT2D eigenvalue weighted by molar-refractivity contribution is 0.0526. The highest BCUT2D eigenvalue weighted by atomic mass is 32.2. The van der Waals surface area contributed by atoms with E-state index in [4.69, 9.17) is 8.92 Å². The van der Waals surface area contributed by atoms with Gasteiger partial charge < -0.3 is 8.92 Å². The Labute approximate surface area is 164 Å². The van der Waals surface area contributed by atoms with Crippen LogP contribution in [0.5, 0.6) is 5.75 Å². The van der Waals surface area contributed by atoms with E-state index in [2.05, 4.69) is 0 Å². The molecule has 3 rings (SSSR count). The molecule has 0 heterocycles. The van der Waals surface area contributed by atoms with Crippen LogP contribution in [0.3, 0.4) is 0 Å². The van der Waals surface area contributed by atoms with Gasteiger partial charge in [-0.25, -0.2) is 4.79 Å². The van der Waals surface area contributed by atoms with Crippen LogP contribution in [-0.2, 0) is 14.9 Å². The molecule has 0 N–H and O–H groups in total. The van der Waals surface area contributed by atoms with Crippen molar-refractivity contribution in [1.82, 2.24) is 0 Å². The molecule has 0 aliphatic heterocycles. The van der Waals surface area contributed by atoms with Crippen molar-refractivity contribution in [3.05, 3.63) is 83.9 Å². The lowest BCUT2D eigenvalue weighted by atomic mass is 10.0. The number of rotatable bonds is 6. The van der Waals surface area contributed by atoms with Gasteiger partial charge in [-0.2, -0.15) is 8.42 Å². The van der Waals surface area contributed by atoms with Crippen molar-refractivity contribution in [2.45, 2.75) is 18.7 Å². The second-order valence-electron chi connectivity index (χ2n) is 6.17. The molecular weight excluding hydrogens is 376 g/mol. The second-order valence-corrected chi connectivity index (χ2v) is 7.72. The van der Waals surface area contributed by atoms with Crippen LogP contribution in [0.15, 0.2) is 77.7 Å². The Balaban J connectivity index is 1.74. The number of hydrogen-bond acceptors (Lipinski definition) is 5. The Morgan fingerprint density at radius 3 is 1.89 bits per heavy atom. The maximum Gasteiger partial charge on any atom is 0.339 e. The highest BCUT2D eigenvalue weighted by Crippen LogP contribution is 2.25. The summed E-state index contributed by atoms with van der Waals surface area (Å²) in [6.07, 6.45) is 0. The lowest BCUT2D eigenvalue weighted by Crippen LogP contribution is -2.09. The van der Waals surface area contributed by atoms with Gasteiger partial charge in [-0.05, 0) is 61.4 Å².